The van der Waals surface area contributed by atoms with Crippen LogP contribution in [0, 0.1) is 0 Å². The minimum absolute atomic E-state index is 0.0466. The second-order valence-electron chi connectivity index (χ2n) is 5.96. The van der Waals surface area contributed by atoms with E-state index in [0.29, 0.717) is 13.0 Å². The maximum atomic E-state index is 12.6. The molecule has 1 unspecified atom stereocenters. The molecule has 1 aliphatic rings. The first-order valence-electron chi connectivity index (χ1n) is 8.37. The quantitative estimate of drug-likeness (QED) is 0.939. The molecule has 1 aromatic carbocycles. The number of anilines is 1. The Morgan fingerprint density at radius 2 is 2.04 bits per heavy atom. The van der Waals surface area contributed by atoms with E-state index in [9.17, 15) is 9.59 Å². The van der Waals surface area contributed by atoms with Crippen LogP contribution in [0.5, 0.6) is 0 Å². The van der Waals surface area contributed by atoms with E-state index in [2.05, 4.69) is 10.3 Å². The molecular formula is C18H22N4O2. The number of aromatic nitrogens is 2. The number of piperidine rings is 1. The first-order valence-corrected chi connectivity index (χ1v) is 8.37. The number of carbonyl (C=O) groups is 2. The minimum atomic E-state index is -0.362. The van der Waals surface area contributed by atoms with E-state index in [-0.39, 0.29) is 17.9 Å². The monoisotopic (exact) mass is 326 g/mol. The summed E-state index contributed by atoms with van der Waals surface area (Å²) in [5.41, 5.74) is 1.71. The number of benzene rings is 1. The molecule has 1 aromatic heterocycles. The zero-order chi connectivity index (χ0) is 16.9. The van der Waals surface area contributed by atoms with Gasteiger partial charge >= 0.3 is 0 Å². The molecule has 0 aliphatic carbocycles. The molecule has 6 heteroatoms. The highest BCUT2D eigenvalue weighted by Gasteiger charge is 2.31. The maximum absolute atomic E-state index is 12.6. The number of carbonyl (C=O) groups excluding carboxylic acids is 2. The Bertz CT molecular complexity index is 694. The summed E-state index contributed by atoms with van der Waals surface area (Å²) in [6.45, 7) is 2.51. The number of rotatable bonds is 4. The number of hydrogen-bond donors (Lipinski definition) is 1. The number of hydrogen-bond acceptors (Lipinski definition) is 3. The first kappa shape index (κ1) is 16.2. The van der Waals surface area contributed by atoms with Crippen LogP contribution in [-0.4, -0.2) is 38.9 Å². The van der Waals surface area contributed by atoms with Crippen molar-refractivity contribution in [2.24, 2.45) is 0 Å². The van der Waals surface area contributed by atoms with Gasteiger partial charge in [-0.25, -0.2) is 4.98 Å². The van der Waals surface area contributed by atoms with Crippen molar-refractivity contribution in [1.82, 2.24) is 14.5 Å². The Kier molecular flexibility index (Phi) is 4.93. The minimum Gasteiger partial charge on any atom is -0.331 e. The molecule has 2 amide bonds. The van der Waals surface area contributed by atoms with E-state index >= 15 is 0 Å². The van der Waals surface area contributed by atoms with Gasteiger partial charge in [0.25, 0.3) is 0 Å². The molecule has 0 saturated carbocycles. The molecular weight excluding hydrogens is 304 g/mol. The van der Waals surface area contributed by atoms with Crippen LogP contribution in [0.15, 0.2) is 43.0 Å². The average molecular weight is 326 g/mol. The van der Waals surface area contributed by atoms with E-state index in [0.717, 1.165) is 30.6 Å². The Hall–Kier alpha value is -2.63. The fourth-order valence-electron chi connectivity index (χ4n) is 3.06. The van der Waals surface area contributed by atoms with Gasteiger partial charge in [0.2, 0.25) is 11.8 Å². The van der Waals surface area contributed by atoms with Crippen LogP contribution in [0.25, 0.3) is 5.69 Å². The number of nitrogens with one attached hydrogen (secondary N) is 1. The molecule has 1 saturated heterocycles. The molecule has 1 N–H and O–H groups in total. The van der Waals surface area contributed by atoms with Gasteiger partial charge in [-0.1, -0.05) is 6.92 Å². The summed E-state index contributed by atoms with van der Waals surface area (Å²) in [5.74, 6) is -0.0582. The van der Waals surface area contributed by atoms with Crippen LogP contribution < -0.4 is 5.32 Å². The van der Waals surface area contributed by atoms with E-state index in [1.807, 2.05) is 42.0 Å². The molecule has 24 heavy (non-hydrogen) atoms. The number of nitrogens with zero attached hydrogens (tertiary/aromatic N) is 3. The Balaban J connectivity index is 1.68. The summed E-state index contributed by atoms with van der Waals surface area (Å²) in [5, 5.41) is 2.94. The fraction of sp³-hybridized carbons (Fsp3) is 0.389. The van der Waals surface area contributed by atoms with Crippen LogP contribution in [0.1, 0.15) is 32.6 Å². The van der Waals surface area contributed by atoms with Gasteiger partial charge < -0.3 is 14.8 Å². The van der Waals surface area contributed by atoms with Gasteiger partial charge in [-0.2, -0.15) is 0 Å². The SMILES string of the molecule is CCC(=O)N1CCCCC1C(=O)Nc1ccc(-n2ccnc2)cc1. The van der Waals surface area contributed by atoms with Crippen molar-refractivity contribution in [2.75, 3.05) is 11.9 Å². The zero-order valence-electron chi connectivity index (χ0n) is 13.8. The normalized spacial score (nSPS) is 17.5. The number of imidazole rings is 1. The number of amides is 2. The van der Waals surface area contributed by atoms with Crippen LogP contribution in [0.4, 0.5) is 5.69 Å². The van der Waals surface area contributed by atoms with Gasteiger partial charge in [0.15, 0.2) is 0 Å². The highest BCUT2D eigenvalue weighted by atomic mass is 16.2. The Morgan fingerprint density at radius 1 is 1.25 bits per heavy atom. The molecule has 126 valence electrons. The molecule has 0 bridgehead atoms. The molecule has 1 aliphatic heterocycles. The third kappa shape index (κ3) is 3.48. The molecule has 1 fully saturated rings. The summed E-state index contributed by atoms with van der Waals surface area (Å²) in [4.78, 5) is 30.4. The van der Waals surface area contributed by atoms with E-state index in [1.165, 1.54) is 0 Å². The van der Waals surface area contributed by atoms with Gasteiger partial charge in [0, 0.05) is 36.7 Å². The van der Waals surface area contributed by atoms with Crippen molar-refractivity contribution in [2.45, 2.75) is 38.6 Å². The van der Waals surface area contributed by atoms with Crippen molar-refractivity contribution in [3.05, 3.63) is 43.0 Å². The van der Waals surface area contributed by atoms with E-state index in [4.69, 9.17) is 0 Å². The Labute approximate surface area is 141 Å². The molecule has 6 nitrogen and oxygen atoms in total. The smallest absolute Gasteiger partial charge is 0.247 e. The van der Waals surface area contributed by atoms with Crippen molar-refractivity contribution in [3.8, 4) is 5.69 Å². The van der Waals surface area contributed by atoms with Crippen molar-refractivity contribution < 1.29 is 9.59 Å². The lowest BCUT2D eigenvalue weighted by Gasteiger charge is -2.34. The van der Waals surface area contributed by atoms with Crippen molar-refractivity contribution in [3.63, 3.8) is 0 Å². The second kappa shape index (κ2) is 7.29. The van der Waals surface area contributed by atoms with Gasteiger partial charge in [-0.15, -0.1) is 0 Å². The molecule has 3 rings (SSSR count). The lowest BCUT2D eigenvalue weighted by atomic mass is 10.0. The standard InChI is InChI=1S/C18H22N4O2/c1-2-17(23)22-11-4-3-5-16(22)18(24)20-14-6-8-15(9-7-14)21-12-10-19-13-21/h6-10,12-13,16H,2-5,11H2,1H3,(H,20,24). The van der Waals surface area contributed by atoms with Crippen molar-refractivity contribution >= 4 is 17.5 Å². The molecule has 2 heterocycles. The molecule has 2 aromatic rings. The summed E-state index contributed by atoms with van der Waals surface area (Å²) < 4.78 is 1.90. The molecule has 1 atom stereocenters. The summed E-state index contributed by atoms with van der Waals surface area (Å²) >= 11 is 0. The molecule has 0 spiro atoms. The largest absolute Gasteiger partial charge is 0.331 e. The van der Waals surface area contributed by atoms with Gasteiger partial charge in [-0.05, 0) is 43.5 Å². The van der Waals surface area contributed by atoms with Gasteiger partial charge in [0.05, 0.1) is 6.33 Å². The third-order valence-electron chi connectivity index (χ3n) is 4.37. The summed E-state index contributed by atoms with van der Waals surface area (Å²) in [6, 6.07) is 7.21. The summed E-state index contributed by atoms with van der Waals surface area (Å²) in [6.07, 6.45) is 8.42. The lowest BCUT2D eigenvalue weighted by Crippen LogP contribution is -2.49. The maximum Gasteiger partial charge on any atom is 0.247 e. The van der Waals surface area contributed by atoms with Crippen LogP contribution in [-0.2, 0) is 9.59 Å². The average Bonchev–Trinajstić information content (AvgIpc) is 3.16. The molecule has 0 radical (unpaired) electrons. The highest BCUT2D eigenvalue weighted by Crippen LogP contribution is 2.20. The zero-order valence-corrected chi connectivity index (χ0v) is 13.8. The van der Waals surface area contributed by atoms with Gasteiger partial charge in [0.1, 0.15) is 6.04 Å². The van der Waals surface area contributed by atoms with Crippen LogP contribution in [0.3, 0.4) is 0 Å². The first-order chi connectivity index (χ1) is 11.7. The summed E-state index contributed by atoms with van der Waals surface area (Å²) in [7, 11) is 0. The second-order valence-corrected chi connectivity index (χ2v) is 5.96. The van der Waals surface area contributed by atoms with Crippen LogP contribution >= 0.6 is 0 Å². The van der Waals surface area contributed by atoms with E-state index < -0.39 is 0 Å². The predicted octanol–water partition coefficient (Wildman–Crippen LogP) is 2.60. The van der Waals surface area contributed by atoms with E-state index in [1.54, 1.807) is 17.4 Å². The fourth-order valence-corrected chi connectivity index (χ4v) is 3.06. The number of likely N-dealkylation sites (tertiary alicyclic amines) is 1. The lowest BCUT2D eigenvalue weighted by molar-refractivity contribution is -0.140. The third-order valence-corrected chi connectivity index (χ3v) is 4.37. The van der Waals surface area contributed by atoms with Crippen LogP contribution in [0.2, 0.25) is 0 Å². The highest BCUT2D eigenvalue weighted by molar-refractivity contribution is 5.97. The topological polar surface area (TPSA) is 67.2 Å². The predicted molar refractivity (Wildman–Crippen MR) is 91.8 cm³/mol. The van der Waals surface area contributed by atoms with Gasteiger partial charge in [-0.3, -0.25) is 9.59 Å². The van der Waals surface area contributed by atoms with Crippen molar-refractivity contribution in [1.29, 1.82) is 0 Å². The Morgan fingerprint density at radius 3 is 2.71 bits per heavy atom.